The Kier molecular flexibility index (Phi) is 4.91. The fraction of sp³-hybridized carbons (Fsp3) is 0.333. The standard InChI is InChI=1S/C12H16N2O3S/c1-7(11(13)18)12(15)14-9-6-8(16-2)4-5-10(9)17-3/h4-7H,1-3H3,(H2,13,18)(H,14,15). The van der Waals surface area contributed by atoms with Crippen LogP contribution in [-0.2, 0) is 4.79 Å². The van der Waals surface area contributed by atoms with E-state index in [4.69, 9.17) is 27.4 Å². The Bertz CT molecular complexity index is 463. The summed E-state index contributed by atoms with van der Waals surface area (Å²) in [6.45, 7) is 1.64. The normalized spacial score (nSPS) is 11.5. The summed E-state index contributed by atoms with van der Waals surface area (Å²) >= 11 is 4.78. The number of carbonyl (C=O) groups is 1. The lowest BCUT2D eigenvalue weighted by Crippen LogP contribution is -2.30. The van der Waals surface area contributed by atoms with Crippen molar-refractivity contribution in [2.24, 2.45) is 11.7 Å². The highest BCUT2D eigenvalue weighted by Gasteiger charge is 2.17. The smallest absolute Gasteiger partial charge is 0.234 e. The number of hydrogen-bond donors (Lipinski definition) is 2. The number of methoxy groups -OCH3 is 2. The second-order valence-corrected chi connectivity index (χ2v) is 4.15. The maximum absolute atomic E-state index is 11.8. The third kappa shape index (κ3) is 3.33. The molecule has 18 heavy (non-hydrogen) atoms. The van der Waals surface area contributed by atoms with Crippen molar-refractivity contribution in [1.82, 2.24) is 0 Å². The first-order valence-electron chi connectivity index (χ1n) is 5.31. The lowest BCUT2D eigenvalue weighted by Gasteiger charge is -2.14. The number of amides is 1. The molecule has 0 aromatic heterocycles. The minimum absolute atomic E-state index is 0.148. The van der Waals surface area contributed by atoms with Gasteiger partial charge in [0.25, 0.3) is 0 Å². The molecule has 1 rings (SSSR count). The Morgan fingerprint density at radius 3 is 2.56 bits per heavy atom. The second kappa shape index (κ2) is 6.20. The van der Waals surface area contributed by atoms with Gasteiger partial charge in [0.2, 0.25) is 5.91 Å². The summed E-state index contributed by atoms with van der Waals surface area (Å²) in [6.07, 6.45) is 0. The molecule has 0 aliphatic heterocycles. The molecule has 0 heterocycles. The molecule has 1 amide bonds. The monoisotopic (exact) mass is 268 g/mol. The van der Waals surface area contributed by atoms with E-state index in [9.17, 15) is 4.79 Å². The molecule has 3 N–H and O–H groups in total. The summed E-state index contributed by atoms with van der Waals surface area (Å²) < 4.78 is 10.2. The van der Waals surface area contributed by atoms with E-state index in [2.05, 4.69) is 5.32 Å². The molecule has 5 nitrogen and oxygen atoms in total. The van der Waals surface area contributed by atoms with Crippen LogP contribution in [0.3, 0.4) is 0 Å². The van der Waals surface area contributed by atoms with Crippen LogP contribution in [0.1, 0.15) is 6.92 Å². The minimum atomic E-state index is -0.545. The highest BCUT2D eigenvalue weighted by Crippen LogP contribution is 2.29. The molecule has 98 valence electrons. The number of ether oxygens (including phenoxy) is 2. The highest BCUT2D eigenvalue weighted by atomic mass is 32.1. The molecule has 1 atom stereocenters. The predicted molar refractivity (Wildman–Crippen MR) is 74.1 cm³/mol. The van der Waals surface area contributed by atoms with Gasteiger partial charge in [-0.3, -0.25) is 4.79 Å². The maximum atomic E-state index is 11.8. The molecule has 1 aromatic carbocycles. The van der Waals surface area contributed by atoms with Crippen molar-refractivity contribution in [3.63, 3.8) is 0 Å². The molecule has 0 saturated carbocycles. The van der Waals surface area contributed by atoms with Crippen molar-refractivity contribution < 1.29 is 14.3 Å². The van der Waals surface area contributed by atoms with E-state index in [1.54, 1.807) is 32.2 Å². The van der Waals surface area contributed by atoms with Gasteiger partial charge in [0, 0.05) is 6.07 Å². The number of anilines is 1. The van der Waals surface area contributed by atoms with Gasteiger partial charge < -0.3 is 20.5 Å². The molecular formula is C12H16N2O3S. The van der Waals surface area contributed by atoms with Gasteiger partial charge in [-0.1, -0.05) is 12.2 Å². The number of benzene rings is 1. The summed E-state index contributed by atoms with van der Waals surface area (Å²) in [5.41, 5.74) is 5.95. The SMILES string of the molecule is COc1ccc(OC)c(NC(=O)C(C)C(N)=S)c1. The average molecular weight is 268 g/mol. The van der Waals surface area contributed by atoms with Gasteiger partial charge in [-0.05, 0) is 19.1 Å². The first kappa shape index (κ1) is 14.2. The van der Waals surface area contributed by atoms with Crippen LogP contribution < -0.4 is 20.5 Å². The Hall–Kier alpha value is -1.82. The fourth-order valence-corrected chi connectivity index (χ4v) is 1.39. The van der Waals surface area contributed by atoms with Crippen molar-refractivity contribution in [3.05, 3.63) is 18.2 Å². The third-order valence-corrected chi connectivity index (χ3v) is 2.84. The Balaban J connectivity index is 2.94. The van der Waals surface area contributed by atoms with Crippen LogP contribution in [0.4, 0.5) is 5.69 Å². The summed E-state index contributed by atoms with van der Waals surface area (Å²) in [4.78, 5) is 12.0. The van der Waals surface area contributed by atoms with E-state index in [0.29, 0.717) is 17.2 Å². The van der Waals surface area contributed by atoms with Gasteiger partial charge in [-0.25, -0.2) is 0 Å². The number of nitrogens with one attached hydrogen (secondary N) is 1. The van der Waals surface area contributed by atoms with Gasteiger partial charge in [-0.15, -0.1) is 0 Å². The van der Waals surface area contributed by atoms with Crippen molar-refractivity contribution in [2.45, 2.75) is 6.92 Å². The van der Waals surface area contributed by atoms with Crippen molar-refractivity contribution >= 4 is 28.8 Å². The Morgan fingerprint density at radius 1 is 1.39 bits per heavy atom. The lowest BCUT2D eigenvalue weighted by molar-refractivity contribution is -0.117. The van der Waals surface area contributed by atoms with Crippen molar-refractivity contribution in [2.75, 3.05) is 19.5 Å². The molecule has 6 heteroatoms. The summed E-state index contributed by atoms with van der Waals surface area (Å²) in [5, 5.41) is 2.71. The maximum Gasteiger partial charge on any atom is 0.234 e. The summed E-state index contributed by atoms with van der Waals surface area (Å²) in [5.74, 6) is 0.332. The van der Waals surface area contributed by atoms with Crippen LogP contribution in [0.25, 0.3) is 0 Å². The molecule has 0 spiro atoms. The summed E-state index contributed by atoms with van der Waals surface area (Å²) in [6, 6.07) is 5.12. The predicted octanol–water partition coefficient (Wildman–Crippen LogP) is 1.56. The molecule has 0 bridgehead atoms. The topological polar surface area (TPSA) is 73.6 Å². The minimum Gasteiger partial charge on any atom is -0.497 e. The van der Waals surface area contributed by atoms with Crippen LogP contribution in [0.2, 0.25) is 0 Å². The van der Waals surface area contributed by atoms with Gasteiger partial charge >= 0.3 is 0 Å². The van der Waals surface area contributed by atoms with Crippen LogP contribution in [0.5, 0.6) is 11.5 Å². The van der Waals surface area contributed by atoms with Crippen molar-refractivity contribution in [3.8, 4) is 11.5 Å². The molecule has 0 fully saturated rings. The average Bonchev–Trinajstić information content (AvgIpc) is 2.37. The van der Waals surface area contributed by atoms with Crippen LogP contribution in [0.15, 0.2) is 18.2 Å². The number of nitrogens with two attached hydrogens (primary N) is 1. The first-order valence-corrected chi connectivity index (χ1v) is 5.72. The third-order valence-electron chi connectivity index (χ3n) is 2.48. The number of hydrogen-bond acceptors (Lipinski definition) is 4. The number of carbonyl (C=O) groups excluding carboxylic acids is 1. The Labute approximate surface area is 111 Å². The number of thiocarbonyl (C=S) groups is 1. The van der Waals surface area contributed by atoms with Crippen LogP contribution in [0, 0.1) is 5.92 Å². The van der Waals surface area contributed by atoms with E-state index in [1.165, 1.54) is 7.11 Å². The summed E-state index contributed by atoms with van der Waals surface area (Å²) in [7, 11) is 3.07. The molecule has 0 saturated heterocycles. The molecular weight excluding hydrogens is 252 g/mol. The van der Waals surface area contributed by atoms with Gasteiger partial charge in [-0.2, -0.15) is 0 Å². The van der Waals surface area contributed by atoms with Gasteiger partial charge in [0.15, 0.2) is 0 Å². The zero-order valence-electron chi connectivity index (χ0n) is 10.5. The van der Waals surface area contributed by atoms with E-state index >= 15 is 0 Å². The fourth-order valence-electron chi connectivity index (χ4n) is 1.28. The Morgan fingerprint density at radius 2 is 2.06 bits per heavy atom. The zero-order valence-corrected chi connectivity index (χ0v) is 11.3. The first-order chi connectivity index (χ1) is 8.49. The number of rotatable bonds is 5. The molecule has 1 unspecified atom stereocenters. The molecule has 0 aliphatic carbocycles. The molecule has 0 aliphatic rings. The second-order valence-electron chi connectivity index (χ2n) is 3.68. The largest absolute Gasteiger partial charge is 0.497 e. The quantitative estimate of drug-likeness (QED) is 0.793. The highest BCUT2D eigenvalue weighted by molar-refractivity contribution is 7.80. The van der Waals surface area contributed by atoms with E-state index in [-0.39, 0.29) is 10.9 Å². The van der Waals surface area contributed by atoms with Crippen LogP contribution >= 0.6 is 12.2 Å². The molecule has 0 radical (unpaired) electrons. The zero-order chi connectivity index (χ0) is 13.7. The van der Waals surface area contributed by atoms with Crippen molar-refractivity contribution in [1.29, 1.82) is 0 Å². The van der Waals surface area contributed by atoms with E-state index in [0.717, 1.165) is 0 Å². The van der Waals surface area contributed by atoms with Crippen LogP contribution in [-0.4, -0.2) is 25.1 Å². The van der Waals surface area contributed by atoms with E-state index < -0.39 is 5.92 Å². The molecule has 1 aromatic rings. The van der Waals surface area contributed by atoms with Gasteiger partial charge in [0.05, 0.1) is 30.8 Å². The lowest BCUT2D eigenvalue weighted by atomic mass is 10.1. The van der Waals surface area contributed by atoms with E-state index in [1.807, 2.05) is 0 Å². The van der Waals surface area contributed by atoms with Gasteiger partial charge in [0.1, 0.15) is 11.5 Å².